The Kier molecular flexibility index (Phi) is 5.59. The molecule has 3 aromatic rings. The van der Waals surface area contributed by atoms with E-state index in [1.807, 2.05) is 11.8 Å². The van der Waals surface area contributed by atoms with E-state index in [2.05, 4.69) is 70.9 Å². The van der Waals surface area contributed by atoms with E-state index in [4.69, 9.17) is 9.72 Å². The molecule has 2 aromatic carbocycles. The number of pyridine rings is 1. The molecule has 3 heterocycles. The van der Waals surface area contributed by atoms with Gasteiger partial charge >= 0.3 is 0 Å². The smallest absolute Gasteiger partial charge is 0.129 e. The van der Waals surface area contributed by atoms with Crippen LogP contribution in [-0.4, -0.2) is 41.8 Å². The lowest BCUT2D eigenvalue weighted by atomic mass is 10.1. The quantitative estimate of drug-likeness (QED) is 0.654. The predicted octanol–water partition coefficient (Wildman–Crippen LogP) is 4.49. The highest BCUT2D eigenvalue weighted by Crippen LogP contribution is 2.27. The largest absolute Gasteiger partial charge is 0.491 e. The predicted molar refractivity (Wildman–Crippen MR) is 122 cm³/mol. The van der Waals surface area contributed by atoms with Crippen LogP contribution in [0.25, 0.3) is 10.9 Å². The standard InChI is InChI=1S/C24H27N3OS/c1-2-6-23-19(4-1)9-12-24(26-23)27-13-3-5-20(27)16-28-21-10-7-18(8-11-21)14-22-15-25-17-29-22/h1-2,4,6-12,20,22,25H,3,5,13-17H2/t20-,22?/m0/s1. The minimum Gasteiger partial charge on any atom is -0.491 e. The Morgan fingerprint density at radius 2 is 1.97 bits per heavy atom. The Morgan fingerprint density at radius 1 is 1.07 bits per heavy atom. The number of benzene rings is 2. The number of anilines is 1. The number of thioether (sulfide) groups is 1. The lowest BCUT2D eigenvalue weighted by Gasteiger charge is -2.26. The molecule has 1 unspecified atom stereocenters. The lowest BCUT2D eigenvalue weighted by molar-refractivity contribution is 0.288. The molecule has 0 bridgehead atoms. The van der Waals surface area contributed by atoms with Gasteiger partial charge in [0.05, 0.1) is 11.6 Å². The SMILES string of the molecule is c1ccc2nc(N3CCC[C@H]3COc3ccc(CC4CNCS4)cc3)ccc2c1. The molecule has 4 nitrogen and oxygen atoms in total. The minimum atomic E-state index is 0.379. The van der Waals surface area contributed by atoms with Crippen LogP contribution < -0.4 is 15.0 Å². The van der Waals surface area contributed by atoms with Crippen LogP contribution in [-0.2, 0) is 6.42 Å². The summed E-state index contributed by atoms with van der Waals surface area (Å²) in [4.78, 5) is 7.29. The molecular weight excluding hydrogens is 378 g/mol. The van der Waals surface area contributed by atoms with Crippen molar-refractivity contribution in [3.05, 3.63) is 66.2 Å². The van der Waals surface area contributed by atoms with E-state index in [1.54, 1.807) is 0 Å². The molecule has 0 amide bonds. The maximum atomic E-state index is 6.17. The van der Waals surface area contributed by atoms with Crippen LogP contribution in [0.1, 0.15) is 18.4 Å². The molecule has 2 atom stereocenters. The number of para-hydroxylation sites is 1. The first-order chi connectivity index (χ1) is 14.3. The summed E-state index contributed by atoms with van der Waals surface area (Å²) in [6, 6.07) is 21.7. The second-order valence-electron chi connectivity index (χ2n) is 7.90. The van der Waals surface area contributed by atoms with Crippen LogP contribution in [0.4, 0.5) is 5.82 Å². The van der Waals surface area contributed by atoms with Crippen LogP contribution >= 0.6 is 11.8 Å². The lowest BCUT2D eigenvalue weighted by Crippen LogP contribution is -2.34. The van der Waals surface area contributed by atoms with Crippen molar-refractivity contribution in [1.82, 2.24) is 10.3 Å². The van der Waals surface area contributed by atoms with Gasteiger partial charge in [-0.3, -0.25) is 0 Å². The molecule has 1 N–H and O–H groups in total. The monoisotopic (exact) mass is 405 g/mol. The average molecular weight is 406 g/mol. The van der Waals surface area contributed by atoms with Gasteiger partial charge in [0.15, 0.2) is 0 Å². The molecule has 0 saturated carbocycles. The van der Waals surface area contributed by atoms with Crippen LogP contribution in [0.3, 0.4) is 0 Å². The zero-order valence-corrected chi connectivity index (χ0v) is 17.4. The number of aromatic nitrogens is 1. The van der Waals surface area contributed by atoms with E-state index in [1.165, 1.54) is 17.4 Å². The van der Waals surface area contributed by atoms with E-state index >= 15 is 0 Å². The van der Waals surface area contributed by atoms with Gasteiger partial charge in [-0.2, -0.15) is 0 Å². The summed E-state index contributed by atoms with van der Waals surface area (Å²) < 4.78 is 6.17. The summed E-state index contributed by atoms with van der Waals surface area (Å²) >= 11 is 2.01. The van der Waals surface area contributed by atoms with E-state index in [9.17, 15) is 0 Å². The van der Waals surface area contributed by atoms with Crippen LogP contribution in [0.2, 0.25) is 0 Å². The summed E-state index contributed by atoms with van der Waals surface area (Å²) in [6.07, 6.45) is 3.47. The molecule has 5 rings (SSSR count). The third-order valence-corrected chi connectivity index (χ3v) is 7.05. The van der Waals surface area contributed by atoms with Crippen molar-refractivity contribution in [2.45, 2.75) is 30.6 Å². The molecular formula is C24H27N3OS. The molecule has 0 radical (unpaired) electrons. The van der Waals surface area contributed by atoms with Crippen molar-refractivity contribution in [3.8, 4) is 5.75 Å². The molecule has 2 fully saturated rings. The zero-order chi connectivity index (χ0) is 19.5. The second-order valence-corrected chi connectivity index (χ2v) is 9.19. The summed E-state index contributed by atoms with van der Waals surface area (Å²) in [5.74, 6) is 3.10. The summed E-state index contributed by atoms with van der Waals surface area (Å²) in [5, 5.41) is 5.30. The van der Waals surface area contributed by atoms with E-state index in [0.29, 0.717) is 17.9 Å². The molecule has 2 saturated heterocycles. The number of rotatable bonds is 6. The summed E-state index contributed by atoms with van der Waals surface area (Å²) in [7, 11) is 0. The number of hydrogen-bond acceptors (Lipinski definition) is 5. The molecule has 0 aliphatic carbocycles. The number of nitrogens with zero attached hydrogens (tertiary/aromatic N) is 2. The first-order valence-electron chi connectivity index (χ1n) is 10.5. The number of ether oxygens (including phenoxy) is 1. The van der Waals surface area contributed by atoms with Crippen molar-refractivity contribution in [2.75, 3.05) is 30.5 Å². The topological polar surface area (TPSA) is 37.4 Å². The van der Waals surface area contributed by atoms with Gasteiger partial charge in [-0.25, -0.2) is 4.98 Å². The number of hydrogen-bond donors (Lipinski definition) is 1. The third-order valence-electron chi connectivity index (χ3n) is 5.88. The zero-order valence-electron chi connectivity index (χ0n) is 16.6. The van der Waals surface area contributed by atoms with Crippen LogP contribution in [0.15, 0.2) is 60.7 Å². The fraction of sp³-hybridized carbons (Fsp3) is 0.375. The Bertz CT molecular complexity index is 956. The van der Waals surface area contributed by atoms with Crippen LogP contribution in [0, 0.1) is 0 Å². The van der Waals surface area contributed by atoms with Crippen molar-refractivity contribution in [3.63, 3.8) is 0 Å². The third kappa shape index (κ3) is 4.36. The summed E-state index contributed by atoms with van der Waals surface area (Å²) in [6.45, 7) is 2.87. The van der Waals surface area contributed by atoms with Crippen molar-refractivity contribution in [1.29, 1.82) is 0 Å². The number of fused-ring (bicyclic) bond motifs is 1. The first-order valence-corrected chi connectivity index (χ1v) is 11.6. The first kappa shape index (κ1) is 18.8. The van der Waals surface area contributed by atoms with Gasteiger partial charge in [0, 0.05) is 29.6 Å². The van der Waals surface area contributed by atoms with E-state index in [-0.39, 0.29) is 0 Å². The molecule has 5 heteroatoms. The van der Waals surface area contributed by atoms with Gasteiger partial charge < -0.3 is 15.0 Å². The molecule has 1 aromatic heterocycles. The van der Waals surface area contributed by atoms with E-state index < -0.39 is 0 Å². The van der Waals surface area contributed by atoms with Gasteiger partial charge in [-0.15, -0.1) is 11.8 Å². The fourth-order valence-corrected chi connectivity index (χ4v) is 5.31. The highest BCUT2D eigenvalue weighted by atomic mass is 32.2. The molecule has 2 aliphatic rings. The second kappa shape index (κ2) is 8.64. The maximum absolute atomic E-state index is 6.17. The van der Waals surface area contributed by atoms with Gasteiger partial charge in [0.1, 0.15) is 18.2 Å². The Morgan fingerprint density at radius 3 is 2.83 bits per heavy atom. The van der Waals surface area contributed by atoms with Crippen molar-refractivity contribution >= 4 is 28.5 Å². The Labute approximate surface area is 176 Å². The fourth-order valence-electron chi connectivity index (χ4n) is 4.29. The highest BCUT2D eigenvalue weighted by molar-refractivity contribution is 8.00. The molecule has 0 spiro atoms. The summed E-state index contributed by atoms with van der Waals surface area (Å²) in [5.41, 5.74) is 2.45. The van der Waals surface area contributed by atoms with Crippen molar-refractivity contribution < 1.29 is 4.74 Å². The van der Waals surface area contributed by atoms with Crippen LogP contribution in [0.5, 0.6) is 5.75 Å². The van der Waals surface area contributed by atoms with E-state index in [0.717, 1.165) is 48.9 Å². The molecule has 29 heavy (non-hydrogen) atoms. The minimum absolute atomic E-state index is 0.379. The van der Waals surface area contributed by atoms with Gasteiger partial charge in [0.2, 0.25) is 0 Å². The van der Waals surface area contributed by atoms with Gasteiger partial charge in [-0.1, -0.05) is 30.3 Å². The Balaban J connectivity index is 1.21. The number of nitrogens with one attached hydrogen (secondary N) is 1. The van der Waals surface area contributed by atoms with Gasteiger partial charge in [-0.05, 0) is 55.2 Å². The Hall–Kier alpha value is -2.24. The van der Waals surface area contributed by atoms with Crippen molar-refractivity contribution in [2.24, 2.45) is 0 Å². The molecule has 2 aliphatic heterocycles. The average Bonchev–Trinajstić information content (AvgIpc) is 3.45. The normalized spacial score (nSPS) is 21.7. The molecule has 150 valence electrons. The maximum Gasteiger partial charge on any atom is 0.129 e. The van der Waals surface area contributed by atoms with Gasteiger partial charge in [0.25, 0.3) is 0 Å². The highest BCUT2D eigenvalue weighted by Gasteiger charge is 2.26.